The fourth-order valence-corrected chi connectivity index (χ4v) is 1.85. The molecule has 0 radical (unpaired) electrons. The molecule has 1 aromatic heterocycles. The molecule has 0 aliphatic carbocycles. The average Bonchev–Trinajstić information content (AvgIpc) is 2.59. The van der Waals surface area contributed by atoms with Gasteiger partial charge in [0.15, 0.2) is 5.82 Å². The molecule has 0 fully saturated rings. The smallest absolute Gasteiger partial charge is 0.151 e. The molecule has 2 nitrogen and oxygen atoms in total. The van der Waals surface area contributed by atoms with Gasteiger partial charge in [-0.25, -0.2) is 9.37 Å². The van der Waals surface area contributed by atoms with Gasteiger partial charge in [-0.15, -0.1) is 0 Å². The van der Waals surface area contributed by atoms with Crippen LogP contribution in [0.4, 0.5) is 4.39 Å². The van der Waals surface area contributed by atoms with Gasteiger partial charge in [-0.3, -0.25) is 0 Å². The van der Waals surface area contributed by atoms with Gasteiger partial charge in [-0.2, -0.15) is 0 Å². The summed E-state index contributed by atoms with van der Waals surface area (Å²) in [4.78, 5) is 4.22. The third-order valence-electron chi connectivity index (χ3n) is 2.36. The Labute approximate surface area is 96.1 Å². The normalized spacial score (nSPS) is 10.4. The zero-order valence-electron chi connectivity index (χ0n) is 10.6. The minimum absolute atomic E-state index is 0.245. The number of imidazole rings is 1. The van der Waals surface area contributed by atoms with E-state index in [4.69, 9.17) is 0 Å². The van der Waals surface area contributed by atoms with E-state index in [0.717, 1.165) is 11.3 Å². The summed E-state index contributed by atoms with van der Waals surface area (Å²) in [7, 11) is 0. The lowest BCUT2D eigenvalue weighted by atomic mass is 10.3. The van der Waals surface area contributed by atoms with Crippen LogP contribution in [0.25, 0.3) is 11.0 Å². The molecule has 0 spiro atoms. The van der Waals surface area contributed by atoms with Crippen molar-refractivity contribution in [3.8, 4) is 0 Å². The van der Waals surface area contributed by atoms with Gasteiger partial charge in [0.25, 0.3) is 0 Å². The summed E-state index contributed by atoms with van der Waals surface area (Å²) < 4.78 is 15.4. The van der Waals surface area contributed by atoms with Gasteiger partial charge in [0.1, 0.15) is 11.3 Å². The topological polar surface area (TPSA) is 17.8 Å². The number of aromatic nitrogens is 2. The minimum atomic E-state index is -0.245. The van der Waals surface area contributed by atoms with Crippen molar-refractivity contribution in [2.75, 3.05) is 0 Å². The zero-order chi connectivity index (χ0) is 12.3. The highest BCUT2D eigenvalue weighted by atomic mass is 19.1. The molecule has 3 heteroatoms. The van der Waals surface area contributed by atoms with E-state index in [-0.39, 0.29) is 5.82 Å². The fraction of sp³-hybridized carbons (Fsp3) is 0.462. The predicted molar refractivity (Wildman–Crippen MR) is 66.2 cm³/mol. The van der Waals surface area contributed by atoms with Gasteiger partial charge >= 0.3 is 0 Å². The maximum Gasteiger partial charge on any atom is 0.151 e. The maximum atomic E-state index is 13.4. The average molecular weight is 222 g/mol. The number of benzene rings is 1. The van der Waals surface area contributed by atoms with Crippen molar-refractivity contribution in [2.24, 2.45) is 0 Å². The van der Waals surface area contributed by atoms with Gasteiger partial charge in [-0.05, 0) is 32.9 Å². The molecule has 88 valence electrons. The van der Waals surface area contributed by atoms with Crippen molar-refractivity contribution < 1.29 is 4.39 Å². The van der Waals surface area contributed by atoms with E-state index in [1.807, 2.05) is 31.4 Å². The molecule has 0 amide bonds. The zero-order valence-corrected chi connectivity index (χ0v) is 10.6. The standard InChI is InChI=1S/C11H13FN2.C2H6/c1-7(2)14-8(3)13-11-9(12)5-4-6-10(11)14;1-2/h4-7H,1-3H3;1-2H3. The molecule has 2 aromatic rings. The molecule has 0 unspecified atom stereocenters. The minimum Gasteiger partial charge on any atom is -0.326 e. The molecule has 0 aliphatic heterocycles. The van der Waals surface area contributed by atoms with Gasteiger partial charge in [0, 0.05) is 6.04 Å². The summed E-state index contributed by atoms with van der Waals surface area (Å²) in [6, 6.07) is 5.37. The molecule has 1 aromatic carbocycles. The Morgan fingerprint density at radius 1 is 1.25 bits per heavy atom. The Morgan fingerprint density at radius 3 is 2.44 bits per heavy atom. The summed E-state index contributed by atoms with van der Waals surface area (Å²) in [5.41, 5.74) is 1.34. The maximum absolute atomic E-state index is 13.4. The van der Waals surface area contributed by atoms with Crippen LogP contribution >= 0.6 is 0 Å². The van der Waals surface area contributed by atoms with Crippen molar-refractivity contribution in [3.05, 3.63) is 29.8 Å². The molecule has 0 N–H and O–H groups in total. The highest BCUT2D eigenvalue weighted by Gasteiger charge is 2.12. The van der Waals surface area contributed by atoms with Crippen molar-refractivity contribution in [3.63, 3.8) is 0 Å². The summed E-state index contributed by atoms with van der Waals surface area (Å²) in [6.45, 7) is 10.0. The molecule has 0 atom stereocenters. The van der Waals surface area contributed by atoms with Gasteiger partial charge in [-0.1, -0.05) is 19.9 Å². The molecule has 0 bridgehead atoms. The quantitative estimate of drug-likeness (QED) is 0.710. The number of aryl methyl sites for hydroxylation is 1. The fourth-order valence-electron chi connectivity index (χ4n) is 1.85. The molecule has 0 saturated heterocycles. The first-order chi connectivity index (χ1) is 7.61. The third kappa shape index (κ3) is 2.08. The van der Waals surface area contributed by atoms with Crippen molar-refractivity contribution >= 4 is 11.0 Å². The van der Waals surface area contributed by atoms with Gasteiger partial charge in [0.2, 0.25) is 0 Å². The Morgan fingerprint density at radius 2 is 1.88 bits per heavy atom. The summed E-state index contributed by atoms with van der Waals surface area (Å²) in [6.07, 6.45) is 0. The van der Waals surface area contributed by atoms with E-state index >= 15 is 0 Å². The Bertz CT molecular complexity index is 472. The van der Waals surface area contributed by atoms with E-state index in [1.165, 1.54) is 6.07 Å². The molecular weight excluding hydrogens is 203 g/mol. The number of fused-ring (bicyclic) bond motifs is 1. The van der Waals surface area contributed by atoms with Crippen LogP contribution < -0.4 is 0 Å². The first-order valence-electron chi connectivity index (χ1n) is 5.74. The van der Waals surface area contributed by atoms with E-state index in [0.29, 0.717) is 11.6 Å². The predicted octanol–water partition coefficient (Wildman–Crippen LogP) is 4.09. The second-order valence-corrected chi connectivity index (χ2v) is 3.73. The first-order valence-corrected chi connectivity index (χ1v) is 5.74. The Kier molecular flexibility index (Phi) is 4.05. The van der Waals surface area contributed by atoms with Crippen LogP contribution in [0.3, 0.4) is 0 Å². The number of halogens is 1. The number of hydrogen-bond donors (Lipinski definition) is 0. The highest BCUT2D eigenvalue weighted by molar-refractivity contribution is 5.76. The molecule has 1 heterocycles. The number of nitrogens with zero attached hydrogens (tertiary/aromatic N) is 2. The van der Waals surface area contributed by atoms with Crippen molar-refractivity contribution in [1.29, 1.82) is 0 Å². The lowest BCUT2D eigenvalue weighted by Crippen LogP contribution is -2.02. The number of hydrogen-bond acceptors (Lipinski definition) is 1. The van der Waals surface area contributed by atoms with Crippen LogP contribution in [0.1, 0.15) is 39.6 Å². The van der Waals surface area contributed by atoms with Crippen LogP contribution in [-0.2, 0) is 0 Å². The van der Waals surface area contributed by atoms with Crippen molar-refractivity contribution in [1.82, 2.24) is 9.55 Å². The Hall–Kier alpha value is -1.38. The first kappa shape index (κ1) is 12.7. The number of para-hydroxylation sites is 1. The van der Waals surface area contributed by atoms with E-state index in [2.05, 4.69) is 18.8 Å². The second kappa shape index (κ2) is 5.10. The largest absolute Gasteiger partial charge is 0.326 e. The molecule has 0 saturated carbocycles. The summed E-state index contributed by atoms with van der Waals surface area (Å²) in [5, 5.41) is 0. The summed E-state index contributed by atoms with van der Waals surface area (Å²) >= 11 is 0. The van der Waals surface area contributed by atoms with Crippen molar-refractivity contribution in [2.45, 2.75) is 40.7 Å². The highest BCUT2D eigenvalue weighted by Crippen LogP contribution is 2.22. The lowest BCUT2D eigenvalue weighted by molar-refractivity contribution is 0.600. The van der Waals surface area contributed by atoms with Crippen LogP contribution in [-0.4, -0.2) is 9.55 Å². The number of rotatable bonds is 1. The van der Waals surface area contributed by atoms with E-state index in [1.54, 1.807) is 6.07 Å². The second-order valence-electron chi connectivity index (χ2n) is 3.73. The molecule has 2 rings (SSSR count). The monoisotopic (exact) mass is 222 g/mol. The SMILES string of the molecule is CC.Cc1nc2c(F)cccc2n1C(C)C. The van der Waals surface area contributed by atoms with Gasteiger partial charge in [0.05, 0.1) is 5.52 Å². The molecule has 16 heavy (non-hydrogen) atoms. The molecular formula is C13H19FN2. The summed E-state index contributed by atoms with van der Waals surface area (Å²) in [5.74, 6) is 0.616. The Balaban J connectivity index is 0.000000606. The van der Waals surface area contributed by atoms with Crippen LogP contribution in [0, 0.1) is 12.7 Å². The van der Waals surface area contributed by atoms with Gasteiger partial charge < -0.3 is 4.57 Å². The van der Waals surface area contributed by atoms with Crippen LogP contribution in [0.5, 0.6) is 0 Å². The molecule has 0 aliphatic rings. The lowest BCUT2D eigenvalue weighted by Gasteiger charge is -2.10. The van der Waals surface area contributed by atoms with Crippen LogP contribution in [0.2, 0.25) is 0 Å². The van der Waals surface area contributed by atoms with Crippen LogP contribution in [0.15, 0.2) is 18.2 Å². The third-order valence-corrected chi connectivity index (χ3v) is 2.36. The van der Waals surface area contributed by atoms with E-state index in [9.17, 15) is 4.39 Å². The van der Waals surface area contributed by atoms with E-state index < -0.39 is 0 Å².